The third-order valence-corrected chi connectivity index (χ3v) is 8.04. The van der Waals surface area contributed by atoms with Crippen LogP contribution in [0, 0.1) is 5.92 Å². The van der Waals surface area contributed by atoms with Crippen LogP contribution < -0.4 is 4.90 Å². The number of nitrogens with zero attached hydrogens (tertiary/aromatic N) is 4. The first-order valence-electron chi connectivity index (χ1n) is 9.49. The smallest absolute Gasteiger partial charge is 0.214 e. The van der Waals surface area contributed by atoms with E-state index >= 15 is 0 Å². The van der Waals surface area contributed by atoms with Gasteiger partial charge < -0.3 is 14.6 Å². The second-order valence-electron chi connectivity index (χ2n) is 7.65. The van der Waals surface area contributed by atoms with E-state index in [1.165, 1.54) is 0 Å². The van der Waals surface area contributed by atoms with Gasteiger partial charge in [-0.15, -0.1) is 0 Å². The Morgan fingerprint density at radius 3 is 2.74 bits per heavy atom. The Labute approximate surface area is 160 Å². The van der Waals surface area contributed by atoms with Gasteiger partial charge in [0, 0.05) is 39.5 Å². The van der Waals surface area contributed by atoms with Gasteiger partial charge in [-0.2, -0.15) is 0 Å². The van der Waals surface area contributed by atoms with E-state index in [2.05, 4.69) is 19.9 Å². The van der Waals surface area contributed by atoms with Gasteiger partial charge >= 0.3 is 0 Å². The van der Waals surface area contributed by atoms with Crippen LogP contribution in [-0.2, 0) is 14.8 Å². The average molecular weight is 394 g/mol. The predicted molar refractivity (Wildman–Crippen MR) is 104 cm³/mol. The fourth-order valence-corrected chi connectivity index (χ4v) is 6.06. The molecule has 2 aliphatic rings. The van der Waals surface area contributed by atoms with E-state index in [0.717, 1.165) is 42.5 Å². The molecule has 148 valence electrons. The molecule has 0 amide bonds. The summed E-state index contributed by atoms with van der Waals surface area (Å²) >= 11 is 0. The fraction of sp³-hybridized carbons (Fsp3) is 0.667. The van der Waals surface area contributed by atoms with Crippen molar-refractivity contribution in [1.82, 2.24) is 19.3 Å². The number of sulfonamides is 1. The molecular weight excluding hydrogens is 366 g/mol. The summed E-state index contributed by atoms with van der Waals surface area (Å²) in [6.07, 6.45) is 6.93. The maximum atomic E-state index is 12.7. The summed E-state index contributed by atoms with van der Waals surface area (Å²) in [5.74, 6) is 1.36. The number of aromatic nitrogens is 3. The molecule has 2 fully saturated rings. The first kappa shape index (κ1) is 18.6. The molecule has 2 aromatic rings. The average Bonchev–Trinajstić information content (AvgIpc) is 3.12. The zero-order valence-corrected chi connectivity index (χ0v) is 16.7. The lowest BCUT2D eigenvalue weighted by Crippen LogP contribution is -2.48. The SMILES string of the molecule is COC1CCN(S(=O)(=O)C[C@H]2C[C@@H](N(C)c3ncnc4[nH]ccc34)C2)CC1. The van der Waals surface area contributed by atoms with Gasteiger partial charge in [-0.25, -0.2) is 22.7 Å². The molecule has 8 nitrogen and oxygen atoms in total. The molecule has 0 bridgehead atoms. The van der Waals surface area contributed by atoms with Crippen molar-refractivity contribution in [2.75, 3.05) is 37.9 Å². The lowest BCUT2D eigenvalue weighted by molar-refractivity contribution is 0.0602. The molecule has 27 heavy (non-hydrogen) atoms. The zero-order valence-electron chi connectivity index (χ0n) is 15.8. The Morgan fingerprint density at radius 2 is 2.04 bits per heavy atom. The molecule has 0 radical (unpaired) electrons. The molecule has 9 heteroatoms. The molecule has 3 heterocycles. The number of hydrogen-bond acceptors (Lipinski definition) is 6. The van der Waals surface area contributed by atoms with Crippen molar-refractivity contribution >= 4 is 26.9 Å². The number of aromatic amines is 1. The lowest BCUT2D eigenvalue weighted by atomic mass is 9.81. The first-order valence-corrected chi connectivity index (χ1v) is 11.1. The summed E-state index contributed by atoms with van der Waals surface area (Å²) in [7, 11) is 0.535. The third kappa shape index (κ3) is 3.68. The number of fused-ring (bicyclic) bond motifs is 1. The molecule has 2 aromatic heterocycles. The van der Waals surface area contributed by atoms with Crippen molar-refractivity contribution in [3.05, 3.63) is 18.6 Å². The first-order chi connectivity index (χ1) is 13.0. The van der Waals surface area contributed by atoms with E-state index in [9.17, 15) is 8.42 Å². The molecular formula is C18H27N5O3S. The minimum absolute atomic E-state index is 0.191. The minimum atomic E-state index is -3.19. The van der Waals surface area contributed by atoms with E-state index in [1.807, 2.05) is 19.3 Å². The Balaban J connectivity index is 1.33. The predicted octanol–water partition coefficient (Wildman–Crippen LogP) is 1.61. The van der Waals surface area contributed by atoms with E-state index in [1.54, 1.807) is 17.7 Å². The number of hydrogen-bond donors (Lipinski definition) is 1. The van der Waals surface area contributed by atoms with Crippen molar-refractivity contribution in [3.8, 4) is 0 Å². The number of rotatable bonds is 6. The lowest BCUT2D eigenvalue weighted by Gasteiger charge is -2.42. The summed E-state index contributed by atoms with van der Waals surface area (Å²) < 4.78 is 32.4. The van der Waals surface area contributed by atoms with Crippen molar-refractivity contribution in [3.63, 3.8) is 0 Å². The van der Waals surface area contributed by atoms with Gasteiger partial charge in [0.2, 0.25) is 10.0 Å². The van der Waals surface area contributed by atoms with E-state index < -0.39 is 10.0 Å². The van der Waals surface area contributed by atoms with Gasteiger partial charge in [0.1, 0.15) is 17.8 Å². The van der Waals surface area contributed by atoms with Crippen LogP contribution in [0.4, 0.5) is 5.82 Å². The molecule has 1 aliphatic carbocycles. The zero-order chi connectivity index (χ0) is 19.0. The van der Waals surface area contributed by atoms with Crippen LogP contribution in [0.25, 0.3) is 11.0 Å². The standard InChI is InChI=1S/C18H27N5O3S/c1-22(18-16-3-6-19-17(16)20-12-21-18)14-9-13(10-14)11-27(24,25)23-7-4-15(26-2)5-8-23/h3,6,12-15H,4-5,7-11H2,1-2H3,(H,19,20,21)/t13-,14+. The van der Waals surface area contributed by atoms with E-state index in [0.29, 0.717) is 19.1 Å². The highest BCUT2D eigenvalue weighted by atomic mass is 32.2. The monoisotopic (exact) mass is 393 g/mol. The molecule has 0 spiro atoms. The molecule has 0 atom stereocenters. The maximum Gasteiger partial charge on any atom is 0.214 e. The highest BCUT2D eigenvalue weighted by Crippen LogP contribution is 2.36. The summed E-state index contributed by atoms with van der Waals surface area (Å²) in [5.41, 5.74) is 0.824. The summed E-state index contributed by atoms with van der Waals surface area (Å²) in [4.78, 5) is 13.9. The molecule has 1 aliphatic heterocycles. The van der Waals surface area contributed by atoms with Gasteiger partial charge in [-0.05, 0) is 37.7 Å². The number of nitrogens with one attached hydrogen (secondary N) is 1. The van der Waals surface area contributed by atoms with Gasteiger partial charge in [0.05, 0.1) is 17.2 Å². The van der Waals surface area contributed by atoms with Crippen LogP contribution in [0.5, 0.6) is 0 Å². The minimum Gasteiger partial charge on any atom is -0.381 e. The van der Waals surface area contributed by atoms with Crippen LogP contribution in [0.3, 0.4) is 0 Å². The van der Waals surface area contributed by atoms with Gasteiger partial charge in [-0.3, -0.25) is 0 Å². The Morgan fingerprint density at radius 1 is 1.30 bits per heavy atom. The Bertz CT molecular complexity index is 885. The molecule has 1 saturated carbocycles. The molecule has 4 rings (SSSR count). The van der Waals surface area contributed by atoms with Crippen molar-refractivity contribution < 1.29 is 13.2 Å². The van der Waals surface area contributed by atoms with Gasteiger partial charge in [0.15, 0.2) is 0 Å². The molecule has 1 N–H and O–H groups in total. The van der Waals surface area contributed by atoms with Crippen molar-refractivity contribution in [2.24, 2.45) is 5.92 Å². The van der Waals surface area contributed by atoms with Crippen LogP contribution in [0.15, 0.2) is 18.6 Å². The van der Waals surface area contributed by atoms with E-state index in [-0.39, 0.29) is 17.8 Å². The molecule has 0 aromatic carbocycles. The summed E-state index contributed by atoms with van der Waals surface area (Å²) in [6, 6.07) is 2.29. The quantitative estimate of drug-likeness (QED) is 0.802. The maximum absolute atomic E-state index is 12.7. The number of methoxy groups -OCH3 is 1. The van der Waals surface area contributed by atoms with Crippen LogP contribution >= 0.6 is 0 Å². The Hall–Kier alpha value is -1.71. The highest BCUT2D eigenvalue weighted by molar-refractivity contribution is 7.89. The topological polar surface area (TPSA) is 91.4 Å². The normalized spacial score (nSPS) is 24.8. The number of piperidine rings is 1. The van der Waals surface area contributed by atoms with Gasteiger partial charge in [-0.1, -0.05) is 0 Å². The van der Waals surface area contributed by atoms with Crippen LogP contribution in [-0.4, -0.2) is 72.8 Å². The largest absolute Gasteiger partial charge is 0.381 e. The number of anilines is 1. The van der Waals surface area contributed by atoms with Gasteiger partial charge in [0.25, 0.3) is 0 Å². The Kier molecular flexibility index (Phi) is 5.09. The van der Waals surface area contributed by atoms with Crippen LogP contribution in [0.1, 0.15) is 25.7 Å². The summed E-state index contributed by atoms with van der Waals surface area (Å²) in [5, 5.41) is 0.997. The summed E-state index contributed by atoms with van der Waals surface area (Å²) in [6.45, 7) is 1.15. The van der Waals surface area contributed by atoms with Crippen LogP contribution in [0.2, 0.25) is 0 Å². The highest BCUT2D eigenvalue weighted by Gasteiger charge is 2.38. The van der Waals surface area contributed by atoms with Crippen molar-refractivity contribution in [2.45, 2.75) is 37.8 Å². The number of H-pyrrole nitrogens is 1. The fourth-order valence-electron chi connectivity index (χ4n) is 4.21. The second-order valence-corrected chi connectivity index (χ2v) is 9.67. The van der Waals surface area contributed by atoms with Crippen molar-refractivity contribution in [1.29, 1.82) is 0 Å². The molecule has 1 saturated heterocycles. The number of ether oxygens (including phenoxy) is 1. The molecule has 0 unspecified atom stereocenters. The third-order valence-electron chi connectivity index (χ3n) is 6.00. The second kappa shape index (κ2) is 7.37. The van der Waals surface area contributed by atoms with E-state index in [4.69, 9.17) is 4.74 Å².